The van der Waals surface area contributed by atoms with Gasteiger partial charge in [-0.15, -0.1) is 0 Å². The van der Waals surface area contributed by atoms with Crippen molar-refractivity contribution in [2.45, 2.75) is 30.7 Å². The molecular formula is C15H22N2O3S. The van der Waals surface area contributed by atoms with Gasteiger partial charge in [0.05, 0.1) is 18.0 Å². The van der Waals surface area contributed by atoms with E-state index in [2.05, 4.69) is 16.6 Å². The van der Waals surface area contributed by atoms with Gasteiger partial charge in [0.25, 0.3) is 0 Å². The number of nitrogens with two attached hydrogens (primary N) is 1. The average molecular weight is 310 g/mol. The SMILES string of the molecule is CCCC(COC)NS(=O)(=O)c1cccc(C#CCN)c1. The standard InChI is InChI=1S/C15H22N2O3S/c1-3-6-14(12-20-2)17-21(18,19)15-9-4-7-13(11-15)8-5-10-16/h4,7,9,11,14,17H,3,6,10,12,16H2,1-2H3. The van der Waals surface area contributed by atoms with Gasteiger partial charge >= 0.3 is 0 Å². The normalized spacial score (nSPS) is 12.5. The number of rotatable bonds is 7. The quantitative estimate of drug-likeness (QED) is 0.739. The van der Waals surface area contributed by atoms with Crippen molar-refractivity contribution in [1.82, 2.24) is 4.72 Å². The Balaban J connectivity index is 2.96. The van der Waals surface area contributed by atoms with E-state index in [-0.39, 0.29) is 17.5 Å². The van der Waals surface area contributed by atoms with E-state index in [1.165, 1.54) is 0 Å². The van der Waals surface area contributed by atoms with Crippen LogP contribution >= 0.6 is 0 Å². The van der Waals surface area contributed by atoms with Crippen LogP contribution in [0.25, 0.3) is 0 Å². The van der Waals surface area contributed by atoms with Crippen LogP contribution in [0.15, 0.2) is 29.2 Å². The smallest absolute Gasteiger partial charge is 0.240 e. The number of hydrogen-bond acceptors (Lipinski definition) is 4. The van der Waals surface area contributed by atoms with Crippen LogP contribution < -0.4 is 10.5 Å². The van der Waals surface area contributed by atoms with Gasteiger partial charge in [-0.3, -0.25) is 0 Å². The number of sulfonamides is 1. The number of methoxy groups -OCH3 is 1. The molecule has 0 aromatic heterocycles. The number of hydrogen-bond donors (Lipinski definition) is 2. The first kappa shape index (κ1) is 17.7. The second-order valence-corrected chi connectivity index (χ2v) is 6.31. The molecule has 0 saturated carbocycles. The van der Waals surface area contributed by atoms with Crippen molar-refractivity contribution in [2.24, 2.45) is 5.73 Å². The van der Waals surface area contributed by atoms with Crippen molar-refractivity contribution in [3.63, 3.8) is 0 Å². The highest BCUT2D eigenvalue weighted by molar-refractivity contribution is 7.89. The van der Waals surface area contributed by atoms with E-state index in [1.807, 2.05) is 6.92 Å². The second kappa shape index (κ2) is 8.80. The molecule has 0 aliphatic rings. The second-order valence-electron chi connectivity index (χ2n) is 4.60. The van der Waals surface area contributed by atoms with Gasteiger partial charge in [-0.1, -0.05) is 31.3 Å². The summed E-state index contributed by atoms with van der Waals surface area (Å²) >= 11 is 0. The fourth-order valence-electron chi connectivity index (χ4n) is 1.91. The monoisotopic (exact) mass is 310 g/mol. The van der Waals surface area contributed by atoms with Crippen LogP contribution in [0.4, 0.5) is 0 Å². The summed E-state index contributed by atoms with van der Waals surface area (Å²) in [7, 11) is -2.02. The molecule has 0 aliphatic carbocycles. The molecule has 1 aromatic rings. The van der Waals surface area contributed by atoms with Crippen LogP contribution in [-0.2, 0) is 14.8 Å². The highest BCUT2D eigenvalue weighted by Gasteiger charge is 2.19. The minimum absolute atomic E-state index is 0.198. The highest BCUT2D eigenvalue weighted by Crippen LogP contribution is 2.12. The maximum absolute atomic E-state index is 12.4. The molecule has 6 heteroatoms. The first-order valence-corrected chi connectivity index (χ1v) is 8.32. The van der Waals surface area contributed by atoms with Crippen LogP contribution in [0.2, 0.25) is 0 Å². The van der Waals surface area contributed by atoms with Gasteiger partial charge in [-0.05, 0) is 24.6 Å². The lowest BCUT2D eigenvalue weighted by molar-refractivity contribution is 0.171. The highest BCUT2D eigenvalue weighted by atomic mass is 32.2. The number of benzene rings is 1. The molecule has 21 heavy (non-hydrogen) atoms. The molecule has 0 saturated heterocycles. The molecule has 5 nitrogen and oxygen atoms in total. The van der Waals surface area contributed by atoms with E-state index in [0.29, 0.717) is 12.2 Å². The fourth-order valence-corrected chi connectivity index (χ4v) is 3.21. The third-order valence-corrected chi connectivity index (χ3v) is 4.32. The molecule has 3 N–H and O–H groups in total. The molecule has 0 radical (unpaired) electrons. The van der Waals surface area contributed by atoms with Crippen molar-refractivity contribution in [3.05, 3.63) is 29.8 Å². The summed E-state index contributed by atoms with van der Waals surface area (Å²) in [6.45, 7) is 2.58. The van der Waals surface area contributed by atoms with Crippen molar-refractivity contribution in [1.29, 1.82) is 0 Å². The Labute approximate surface area is 126 Å². The first-order chi connectivity index (χ1) is 10.0. The van der Waals surface area contributed by atoms with E-state index >= 15 is 0 Å². The average Bonchev–Trinajstić information content (AvgIpc) is 2.45. The molecule has 1 atom stereocenters. The Kier molecular flexibility index (Phi) is 7.40. The molecule has 0 spiro atoms. The molecule has 116 valence electrons. The van der Waals surface area contributed by atoms with E-state index < -0.39 is 10.0 Å². The Morgan fingerprint density at radius 3 is 2.81 bits per heavy atom. The number of nitrogens with one attached hydrogen (secondary N) is 1. The van der Waals surface area contributed by atoms with Gasteiger partial charge in [0.15, 0.2) is 0 Å². The maximum Gasteiger partial charge on any atom is 0.240 e. The van der Waals surface area contributed by atoms with Gasteiger partial charge in [0, 0.05) is 18.7 Å². The van der Waals surface area contributed by atoms with E-state index in [0.717, 1.165) is 12.8 Å². The van der Waals surface area contributed by atoms with Crippen molar-refractivity contribution in [3.8, 4) is 11.8 Å². The van der Waals surface area contributed by atoms with Crippen LogP contribution in [-0.4, -0.2) is 34.7 Å². The summed E-state index contributed by atoms with van der Waals surface area (Å²) in [6.07, 6.45) is 1.60. The topological polar surface area (TPSA) is 81.4 Å². The molecule has 0 aliphatic heterocycles. The van der Waals surface area contributed by atoms with Crippen LogP contribution in [0, 0.1) is 11.8 Å². The van der Waals surface area contributed by atoms with E-state index in [1.54, 1.807) is 31.4 Å². The zero-order chi connectivity index (χ0) is 15.7. The minimum atomic E-state index is -3.58. The summed E-state index contributed by atoms with van der Waals surface area (Å²) in [5.74, 6) is 5.54. The number of ether oxygens (including phenoxy) is 1. The zero-order valence-electron chi connectivity index (χ0n) is 12.4. The van der Waals surface area contributed by atoms with E-state index in [4.69, 9.17) is 10.5 Å². The largest absolute Gasteiger partial charge is 0.383 e. The van der Waals surface area contributed by atoms with Gasteiger partial charge in [0.1, 0.15) is 0 Å². The van der Waals surface area contributed by atoms with Crippen molar-refractivity contribution >= 4 is 10.0 Å². The summed E-state index contributed by atoms with van der Waals surface area (Å²) in [5, 5.41) is 0. The third-order valence-electron chi connectivity index (χ3n) is 2.81. The first-order valence-electron chi connectivity index (χ1n) is 6.83. The fraction of sp³-hybridized carbons (Fsp3) is 0.467. The lowest BCUT2D eigenvalue weighted by atomic mass is 10.2. The Morgan fingerprint density at radius 1 is 1.43 bits per heavy atom. The molecular weight excluding hydrogens is 288 g/mol. The molecule has 0 heterocycles. The minimum Gasteiger partial charge on any atom is -0.383 e. The Bertz CT molecular complexity index is 597. The summed E-state index contributed by atoms with van der Waals surface area (Å²) in [5.41, 5.74) is 5.94. The zero-order valence-corrected chi connectivity index (χ0v) is 13.2. The summed E-state index contributed by atoms with van der Waals surface area (Å²) < 4.78 is 32.5. The van der Waals surface area contributed by atoms with E-state index in [9.17, 15) is 8.42 Å². The summed E-state index contributed by atoms with van der Waals surface area (Å²) in [6, 6.07) is 6.27. The van der Waals surface area contributed by atoms with Crippen LogP contribution in [0.5, 0.6) is 0 Å². The Hall–Kier alpha value is -1.39. The van der Waals surface area contributed by atoms with Crippen LogP contribution in [0.1, 0.15) is 25.3 Å². The third kappa shape index (κ3) is 5.86. The van der Waals surface area contributed by atoms with Gasteiger partial charge in [-0.25, -0.2) is 13.1 Å². The predicted molar refractivity (Wildman–Crippen MR) is 83.3 cm³/mol. The Morgan fingerprint density at radius 2 is 2.19 bits per heavy atom. The van der Waals surface area contributed by atoms with Gasteiger partial charge < -0.3 is 10.5 Å². The van der Waals surface area contributed by atoms with Gasteiger partial charge in [0.2, 0.25) is 10.0 Å². The molecule has 1 aromatic carbocycles. The van der Waals surface area contributed by atoms with Crippen LogP contribution in [0.3, 0.4) is 0 Å². The maximum atomic E-state index is 12.4. The lowest BCUT2D eigenvalue weighted by Gasteiger charge is -2.17. The molecule has 0 bridgehead atoms. The molecule has 1 rings (SSSR count). The van der Waals surface area contributed by atoms with Crippen molar-refractivity contribution in [2.75, 3.05) is 20.3 Å². The van der Waals surface area contributed by atoms with Gasteiger partial charge in [-0.2, -0.15) is 0 Å². The summed E-state index contributed by atoms with van der Waals surface area (Å²) in [4.78, 5) is 0.198. The molecule has 1 unspecified atom stereocenters. The van der Waals surface area contributed by atoms with Crippen molar-refractivity contribution < 1.29 is 13.2 Å². The lowest BCUT2D eigenvalue weighted by Crippen LogP contribution is -2.37. The molecule has 0 amide bonds. The predicted octanol–water partition coefficient (Wildman–Crippen LogP) is 1.09. The molecule has 0 fully saturated rings.